The first-order valence-corrected chi connectivity index (χ1v) is 9.45. The van der Waals surface area contributed by atoms with Gasteiger partial charge in [0.1, 0.15) is 0 Å². The van der Waals surface area contributed by atoms with Crippen LogP contribution in [0.2, 0.25) is 0 Å². The largest absolute Gasteiger partial charge is 0.124 e. The first-order chi connectivity index (χ1) is 12.8. The van der Waals surface area contributed by atoms with Crippen molar-refractivity contribution in [1.82, 2.24) is 0 Å². The molecule has 0 aliphatic heterocycles. The highest BCUT2D eigenvalue weighted by Gasteiger charge is 2.17. The van der Waals surface area contributed by atoms with Gasteiger partial charge in [-0.1, -0.05) is 80.0 Å². The van der Waals surface area contributed by atoms with Crippen molar-refractivity contribution in [1.29, 1.82) is 0 Å². The Hall–Kier alpha value is -2.78. The lowest BCUT2D eigenvalue weighted by Gasteiger charge is -2.25. The first kappa shape index (κ1) is 18.0. The Morgan fingerprint density at radius 2 is 2.04 bits per heavy atom. The minimum Gasteiger partial charge on any atom is -0.124 e. The van der Waals surface area contributed by atoms with Crippen LogP contribution in [0.3, 0.4) is 0 Å². The second-order valence-electron chi connectivity index (χ2n) is 6.98. The lowest BCUT2D eigenvalue weighted by Crippen LogP contribution is -2.13. The second-order valence-corrected chi connectivity index (χ2v) is 6.98. The molecule has 0 N–H and O–H groups in total. The average Bonchev–Trinajstić information content (AvgIpc) is 2.90. The summed E-state index contributed by atoms with van der Waals surface area (Å²) in [6, 6.07) is 8.89. The zero-order valence-electron chi connectivity index (χ0n) is 15.3. The standard InChI is InChI=1S/C26H26/c1-22(15-16-23-10-4-2-3-5-11-23)9-6-7-12-24-17-19-26(20-18-24)21-25-13-8-14-25/h2,4-6,10-12,15-20,25H,1,8-9,13-14,21H2. The van der Waals surface area contributed by atoms with E-state index >= 15 is 0 Å². The molecule has 1 fully saturated rings. The van der Waals surface area contributed by atoms with Gasteiger partial charge < -0.3 is 0 Å². The van der Waals surface area contributed by atoms with Crippen molar-refractivity contribution in [3.63, 3.8) is 0 Å². The highest BCUT2D eigenvalue weighted by atomic mass is 14.2. The Morgan fingerprint density at radius 1 is 1.19 bits per heavy atom. The third-order valence-corrected chi connectivity index (χ3v) is 4.83. The highest BCUT2D eigenvalue weighted by molar-refractivity contribution is 5.49. The molecule has 0 atom stereocenters. The van der Waals surface area contributed by atoms with Crippen molar-refractivity contribution in [2.24, 2.45) is 5.92 Å². The zero-order valence-corrected chi connectivity index (χ0v) is 15.3. The first-order valence-electron chi connectivity index (χ1n) is 9.45. The van der Waals surface area contributed by atoms with Crippen LogP contribution < -0.4 is 0 Å². The molecule has 0 aromatic heterocycles. The van der Waals surface area contributed by atoms with Gasteiger partial charge in [0.25, 0.3) is 0 Å². The molecule has 26 heavy (non-hydrogen) atoms. The molecule has 130 valence electrons. The summed E-state index contributed by atoms with van der Waals surface area (Å²) in [6.07, 6.45) is 24.4. The monoisotopic (exact) mass is 338 g/mol. The number of hydrogen-bond donors (Lipinski definition) is 0. The maximum absolute atomic E-state index is 4.10. The molecule has 1 saturated carbocycles. The number of rotatable bonds is 7. The molecule has 3 rings (SSSR count). The molecule has 0 heteroatoms. The quantitative estimate of drug-likeness (QED) is 0.374. The van der Waals surface area contributed by atoms with Gasteiger partial charge in [-0.2, -0.15) is 0 Å². The van der Waals surface area contributed by atoms with Crippen molar-refractivity contribution in [3.8, 4) is 0 Å². The third kappa shape index (κ3) is 5.94. The van der Waals surface area contributed by atoms with E-state index in [-0.39, 0.29) is 0 Å². The molecule has 0 unspecified atom stereocenters. The summed E-state index contributed by atoms with van der Waals surface area (Å²) in [5.41, 5.74) is 11.2. The number of allylic oxidation sites excluding steroid dienone is 9. The van der Waals surface area contributed by atoms with E-state index < -0.39 is 0 Å². The Balaban J connectivity index is 1.47. The normalized spacial score (nSPS) is 15.9. The van der Waals surface area contributed by atoms with E-state index in [2.05, 4.69) is 60.5 Å². The van der Waals surface area contributed by atoms with Crippen LogP contribution in [-0.2, 0) is 6.42 Å². The van der Waals surface area contributed by atoms with E-state index in [4.69, 9.17) is 0 Å². The van der Waals surface area contributed by atoms with Crippen molar-refractivity contribution < 1.29 is 0 Å². The van der Waals surface area contributed by atoms with E-state index in [9.17, 15) is 0 Å². The van der Waals surface area contributed by atoms with E-state index in [0.29, 0.717) is 0 Å². The van der Waals surface area contributed by atoms with Gasteiger partial charge in [-0.05, 0) is 65.8 Å². The van der Waals surface area contributed by atoms with Crippen LogP contribution in [0, 0.1) is 5.92 Å². The maximum Gasteiger partial charge on any atom is -0.00271 e. The molecular weight excluding hydrogens is 312 g/mol. The topological polar surface area (TPSA) is 0 Å². The van der Waals surface area contributed by atoms with Crippen molar-refractivity contribution >= 4 is 6.08 Å². The fourth-order valence-corrected chi connectivity index (χ4v) is 2.99. The number of benzene rings is 1. The maximum atomic E-state index is 4.10. The second kappa shape index (κ2) is 9.64. The van der Waals surface area contributed by atoms with E-state index in [1.807, 2.05) is 36.5 Å². The molecule has 0 heterocycles. The molecular formula is C26H26. The Bertz CT molecular complexity index is 836. The molecule has 0 amide bonds. The van der Waals surface area contributed by atoms with Gasteiger partial charge in [0.2, 0.25) is 0 Å². The predicted molar refractivity (Wildman–Crippen MR) is 113 cm³/mol. The minimum atomic E-state index is 0.803. The van der Waals surface area contributed by atoms with Crippen LogP contribution in [0.25, 0.3) is 6.08 Å². The summed E-state index contributed by atoms with van der Waals surface area (Å²) in [5, 5.41) is 0. The SMILES string of the molecule is C=C(C=CC1=CC=C=CC=C1)CC=C=Cc1ccc(CC2CCC2)cc1. The van der Waals surface area contributed by atoms with Crippen LogP contribution >= 0.6 is 0 Å². The van der Waals surface area contributed by atoms with Crippen LogP contribution in [-0.4, -0.2) is 0 Å². The smallest absolute Gasteiger partial charge is 0.00271 e. The van der Waals surface area contributed by atoms with Crippen molar-refractivity contribution in [3.05, 3.63) is 113 Å². The predicted octanol–water partition coefficient (Wildman–Crippen LogP) is 6.91. The zero-order chi connectivity index (χ0) is 18.0. The fraction of sp³-hybridized carbons (Fsp3) is 0.231. The molecule has 1 aromatic rings. The Kier molecular flexibility index (Phi) is 6.68. The van der Waals surface area contributed by atoms with Crippen LogP contribution in [0.5, 0.6) is 0 Å². The third-order valence-electron chi connectivity index (χ3n) is 4.83. The lowest BCUT2D eigenvalue weighted by atomic mass is 9.81. The van der Waals surface area contributed by atoms with Crippen LogP contribution in [0.1, 0.15) is 36.8 Å². The van der Waals surface area contributed by atoms with Gasteiger partial charge in [0.15, 0.2) is 0 Å². The van der Waals surface area contributed by atoms with Crippen LogP contribution in [0.4, 0.5) is 0 Å². The Morgan fingerprint density at radius 3 is 2.81 bits per heavy atom. The van der Waals surface area contributed by atoms with E-state index in [1.165, 1.54) is 36.8 Å². The van der Waals surface area contributed by atoms with E-state index in [1.54, 1.807) is 0 Å². The van der Waals surface area contributed by atoms with Crippen molar-refractivity contribution in [2.45, 2.75) is 32.1 Å². The minimum absolute atomic E-state index is 0.803. The summed E-state index contributed by atoms with van der Waals surface area (Å²) in [7, 11) is 0. The Labute approximate surface area is 157 Å². The van der Waals surface area contributed by atoms with Gasteiger partial charge in [-0.3, -0.25) is 0 Å². The molecule has 1 aromatic carbocycles. The average molecular weight is 338 g/mol. The summed E-state index contributed by atoms with van der Waals surface area (Å²) in [6.45, 7) is 4.10. The van der Waals surface area contributed by atoms with Crippen molar-refractivity contribution in [2.75, 3.05) is 0 Å². The van der Waals surface area contributed by atoms with Gasteiger partial charge in [-0.15, -0.1) is 11.5 Å². The summed E-state index contributed by atoms with van der Waals surface area (Å²) in [5.74, 6) is 0.923. The summed E-state index contributed by atoms with van der Waals surface area (Å²) in [4.78, 5) is 0. The molecule has 2 aliphatic rings. The molecule has 2 aliphatic carbocycles. The summed E-state index contributed by atoms with van der Waals surface area (Å²) >= 11 is 0. The summed E-state index contributed by atoms with van der Waals surface area (Å²) < 4.78 is 0. The van der Waals surface area contributed by atoms with Crippen LogP contribution in [0.15, 0.2) is 102 Å². The molecule has 0 radical (unpaired) electrons. The molecule has 0 saturated heterocycles. The highest BCUT2D eigenvalue weighted by Crippen LogP contribution is 2.29. The van der Waals surface area contributed by atoms with Gasteiger partial charge in [0, 0.05) is 0 Å². The molecule has 0 nitrogen and oxygen atoms in total. The van der Waals surface area contributed by atoms with E-state index in [0.717, 1.165) is 23.5 Å². The fourth-order valence-electron chi connectivity index (χ4n) is 2.99. The van der Waals surface area contributed by atoms with Gasteiger partial charge in [0.05, 0.1) is 0 Å². The lowest BCUT2D eigenvalue weighted by molar-refractivity contribution is 0.314. The molecule has 0 bridgehead atoms. The molecule has 0 spiro atoms. The van der Waals surface area contributed by atoms with Gasteiger partial charge >= 0.3 is 0 Å². The van der Waals surface area contributed by atoms with Gasteiger partial charge in [-0.25, -0.2) is 0 Å². The number of hydrogen-bond acceptors (Lipinski definition) is 0.